The number of thiazole rings is 1. The SMILES string of the molecule is CC.CC(C)(C)COc1ccccc1.CC(C)(C)OCc1cncs1.CC(C)(C)c1ccc2ccccc2n1.CC(C)N(C)C(=O)/C=C/C(C)(C)C.CC(C)OC(=O)/C=C/C(C)(C)C.CCCC(=O)C1OC1C(C)(C)C.CCOC(=O)C1OC1C(C)(C)C.Cc1cccc(C(C)(C)C)c1C.Cc1cccc(C)c1C(=O)OCC(C)(C)C.Cc1cccc(C)c1OCC(C)(C)C. The van der Waals surface area contributed by atoms with Gasteiger partial charge in [0.25, 0.3) is 0 Å². The van der Waals surface area contributed by atoms with E-state index in [1.807, 2.05) is 216 Å². The van der Waals surface area contributed by atoms with Gasteiger partial charge in [-0.25, -0.2) is 14.4 Å². The number of rotatable bonds is 17. The molecule has 4 heterocycles. The van der Waals surface area contributed by atoms with E-state index in [4.69, 9.17) is 37.9 Å². The minimum absolute atomic E-state index is 0.00620. The molecule has 0 radical (unpaired) electrons. The third-order valence-corrected chi connectivity index (χ3v) is 19.4. The number of ether oxygens (including phenoxy) is 8. The molecule has 17 heteroatoms. The zero-order valence-electron chi connectivity index (χ0n) is 90.0. The van der Waals surface area contributed by atoms with Gasteiger partial charge in [0.15, 0.2) is 11.9 Å². The molecule has 0 N–H and O–H groups in total. The van der Waals surface area contributed by atoms with E-state index >= 15 is 0 Å². The van der Waals surface area contributed by atoms with Gasteiger partial charge in [-0.1, -0.05) is 317 Å². The average Bonchev–Trinajstić information content (AvgIpc) is 1.64. The Bertz CT molecular complexity index is 4360. The first-order chi connectivity index (χ1) is 59.3. The molecule has 2 aliphatic heterocycles. The van der Waals surface area contributed by atoms with E-state index < -0.39 is 0 Å². The van der Waals surface area contributed by atoms with Crippen LogP contribution in [0.4, 0.5) is 0 Å². The fourth-order valence-corrected chi connectivity index (χ4v) is 11.6. The monoisotopic (exact) mass is 1820 g/mol. The van der Waals surface area contributed by atoms with E-state index in [-0.39, 0.29) is 120 Å². The van der Waals surface area contributed by atoms with Crippen LogP contribution in [0.15, 0.2) is 157 Å². The number of aromatic nitrogens is 2. The molecule has 0 aliphatic carbocycles. The maximum Gasteiger partial charge on any atom is 0.338 e. The lowest BCUT2D eigenvalue weighted by Gasteiger charge is -2.22. The van der Waals surface area contributed by atoms with Gasteiger partial charge in [0.05, 0.1) is 72.3 Å². The number of fused-ring (bicyclic) bond motifs is 1. The maximum absolute atomic E-state index is 11.9. The molecular weight excluding hydrogens is 1640 g/mol. The van der Waals surface area contributed by atoms with E-state index in [0.29, 0.717) is 31.8 Å². The van der Waals surface area contributed by atoms with Crippen LogP contribution in [0.1, 0.15) is 336 Å². The summed E-state index contributed by atoms with van der Waals surface area (Å²) in [6, 6.07) is 41.2. The molecule has 9 rings (SSSR count). The number of hydrogen-bond acceptors (Lipinski definition) is 16. The number of ketones is 1. The molecule has 0 bridgehead atoms. The Morgan fingerprint density at radius 1 is 0.508 bits per heavy atom. The number of pyridine rings is 1. The number of esters is 3. The first-order valence-electron chi connectivity index (χ1n) is 46.8. The highest BCUT2D eigenvalue weighted by atomic mass is 32.1. The van der Waals surface area contributed by atoms with E-state index in [1.165, 1.54) is 44.2 Å². The second-order valence-electron chi connectivity index (χ2n) is 44.7. The van der Waals surface area contributed by atoms with Gasteiger partial charge in [-0.2, -0.15) is 0 Å². The van der Waals surface area contributed by atoms with Crippen LogP contribution < -0.4 is 9.47 Å². The molecule has 0 spiro atoms. The number of amides is 1. The fraction of sp³-hybridized carbons (Fsp3) is 0.602. The smallest absolute Gasteiger partial charge is 0.338 e. The van der Waals surface area contributed by atoms with Crippen LogP contribution in [-0.2, 0) is 65.0 Å². The summed E-state index contributed by atoms with van der Waals surface area (Å²) in [7, 11) is 1.82. The number of carbonyl (C=O) groups is 5. The molecule has 0 saturated carbocycles. The Morgan fingerprint density at radius 2 is 0.969 bits per heavy atom. The van der Waals surface area contributed by atoms with Crippen molar-refractivity contribution in [2.24, 2.45) is 37.9 Å². The molecular formula is C113H181N3O13S. The molecule has 16 nitrogen and oxygen atoms in total. The third kappa shape index (κ3) is 57.8. The standard InChI is InChI=1S/C14H20O2.C13H15N.C13H20O.C12H18.C11H21NO.C11H16O.2C10H18O2.C9H16O3.C8H13NOS.C2H6/c1-10-7-6-8-11(2)12(10)13(15)16-9-14(3,4)5;1-13(2,3)12-9-8-10-6-4-5-7-11(10)14-12;1-10-7-6-8-11(2)12(10)14-9-13(3,4)5;1-9-7-6-8-11(10(9)2)12(3,4)5;1-9(2)12(6)10(13)7-8-11(3,4)5;1-11(2,3)9-12-10-7-5-4-6-8-10;1-5-6-7(11)8-9(12-8)10(2,3)4;1-8(2)12-9(11)6-7-10(3,4)5;1-5-11-8(10)6-7(12-6)9(2,3)4;1-8(2,3)10-5-7-4-9-6-11-7;1-2/h6-8H,9H2,1-5H3;4-9H,1-3H3;6-8H,9H2,1-5H3;6-8H,1-5H3;7-9H,1-6H3;4-8H,9H2,1-3H3;8-9H,5-6H2,1-4H3;6-8H,1-5H3;6-7H,5H2,1-4H3;4,6H,5H2,1-3H3;1-2H3/b;;;;8-7+;;;7-6+;;;. The number of aryl methyl sites for hydroxylation is 5. The van der Waals surface area contributed by atoms with E-state index in [1.54, 1.807) is 29.2 Å². The summed E-state index contributed by atoms with van der Waals surface area (Å²) in [5.41, 5.74) is 14.5. The minimum atomic E-state index is -0.315. The summed E-state index contributed by atoms with van der Waals surface area (Å²) in [5.74, 6) is 1.64. The topological polar surface area (TPSA) is 195 Å². The van der Waals surface area contributed by atoms with Crippen LogP contribution in [0.25, 0.3) is 10.9 Å². The number of allylic oxidation sites excluding steroid dienone is 2. The highest BCUT2D eigenvalue weighted by Gasteiger charge is 2.53. The van der Waals surface area contributed by atoms with Crippen molar-refractivity contribution >= 4 is 51.8 Å². The molecule has 4 atom stereocenters. The summed E-state index contributed by atoms with van der Waals surface area (Å²) < 4.78 is 42.6. The summed E-state index contributed by atoms with van der Waals surface area (Å²) in [4.78, 5) is 68.3. The number of likely N-dealkylation sites (N-methyl/N-ethyl adjacent to an activating group) is 1. The quantitative estimate of drug-likeness (QED) is 0.0361. The van der Waals surface area contributed by atoms with Crippen LogP contribution in [-0.4, -0.2) is 120 Å². The maximum atomic E-state index is 11.9. The van der Waals surface area contributed by atoms with Crippen molar-refractivity contribution in [1.29, 1.82) is 0 Å². The second-order valence-corrected chi connectivity index (χ2v) is 45.7. The summed E-state index contributed by atoms with van der Waals surface area (Å²) in [6.45, 7) is 94.4. The number of benzene rings is 5. The van der Waals surface area contributed by atoms with Crippen molar-refractivity contribution in [3.63, 3.8) is 0 Å². The number of Topliss-reactive ketones (excluding diaryl/α,β-unsaturated/α-hetero) is 1. The van der Waals surface area contributed by atoms with Gasteiger partial charge in [-0.15, -0.1) is 11.3 Å². The van der Waals surface area contributed by atoms with E-state index in [9.17, 15) is 24.0 Å². The van der Waals surface area contributed by atoms with Gasteiger partial charge >= 0.3 is 17.9 Å². The number of epoxide rings is 2. The number of para-hydroxylation sites is 3. The fourth-order valence-electron chi connectivity index (χ4n) is 11.1. The van der Waals surface area contributed by atoms with Crippen molar-refractivity contribution < 1.29 is 61.9 Å². The van der Waals surface area contributed by atoms with E-state index in [0.717, 1.165) is 53.5 Å². The zero-order chi connectivity index (χ0) is 101. The lowest BCUT2D eigenvalue weighted by Crippen LogP contribution is -2.31. The summed E-state index contributed by atoms with van der Waals surface area (Å²) >= 11 is 1.63. The summed E-state index contributed by atoms with van der Waals surface area (Å²) in [6.07, 6.45) is 10.1. The zero-order valence-corrected chi connectivity index (χ0v) is 90.8. The summed E-state index contributed by atoms with van der Waals surface area (Å²) in [5, 5.41) is 1.21. The largest absolute Gasteiger partial charge is 0.493 e. The number of nitrogens with zero attached hydrogens (tertiary/aromatic N) is 3. The van der Waals surface area contributed by atoms with Crippen molar-refractivity contribution in [3.05, 3.63) is 212 Å². The van der Waals surface area contributed by atoms with Crippen molar-refractivity contribution in [2.45, 2.75) is 377 Å². The van der Waals surface area contributed by atoms with Crippen molar-refractivity contribution in [2.75, 3.05) is 33.5 Å². The molecule has 2 aromatic heterocycles. The Labute approximate surface area is 796 Å². The lowest BCUT2D eigenvalue weighted by atomic mass is 9.83. The van der Waals surface area contributed by atoms with Crippen LogP contribution in [0, 0.1) is 79.4 Å². The van der Waals surface area contributed by atoms with Gasteiger partial charge < -0.3 is 42.8 Å². The first-order valence-corrected chi connectivity index (χ1v) is 47.6. The molecule has 7 aromatic rings. The molecule has 1 amide bonds. The molecule has 5 aromatic carbocycles. The highest BCUT2D eigenvalue weighted by Crippen LogP contribution is 2.40. The molecule has 2 fully saturated rings. The van der Waals surface area contributed by atoms with Crippen LogP contribution in [0.5, 0.6) is 11.5 Å². The highest BCUT2D eigenvalue weighted by molar-refractivity contribution is 7.09. The lowest BCUT2D eigenvalue weighted by molar-refractivity contribution is -0.144. The second kappa shape index (κ2) is 57.3. The molecule has 2 saturated heterocycles. The van der Waals surface area contributed by atoms with Crippen LogP contribution in [0.3, 0.4) is 0 Å². The van der Waals surface area contributed by atoms with Gasteiger partial charge in [0, 0.05) is 48.3 Å². The third-order valence-electron chi connectivity index (χ3n) is 18.6. The first kappa shape index (κ1) is 124. The predicted octanol–water partition coefficient (Wildman–Crippen LogP) is 29.5. The normalized spacial score (nSPS) is 14.8. The van der Waals surface area contributed by atoms with Crippen molar-refractivity contribution in [1.82, 2.24) is 14.9 Å². The predicted molar refractivity (Wildman–Crippen MR) is 550 cm³/mol. The van der Waals surface area contributed by atoms with Gasteiger partial charge in [-0.05, 0) is 216 Å². The average molecular weight is 1820 g/mol. The van der Waals surface area contributed by atoms with Gasteiger partial charge in [-0.3, -0.25) is 19.6 Å². The molecule has 130 heavy (non-hydrogen) atoms. The van der Waals surface area contributed by atoms with Crippen LogP contribution >= 0.6 is 11.3 Å². The van der Waals surface area contributed by atoms with Crippen molar-refractivity contribution in [3.8, 4) is 11.5 Å². The number of hydrogen-bond donors (Lipinski definition) is 0. The van der Waals surface area contributed by atoms with Crippen LogP contribution in [0.2, 0.25) is 0 Å². The van der Waals surface area contributed by atoms with Gasteiger partial charge in [0.2, 0.25) is 5.91 Å². The Kier molecular flexibility index (Phi) is 54.5. The van der Waals surface area contributed by atoms with E-state index in [2.05, 4.69) is 244 Å². The Morgan fingerprint density at radius 3 is 1.38 bits per heavy atom. The molecule has 732 valence electrons. The molecule has 4 unspecified atom stereocenters. The van der Waals surface area contributed by atoms with Gasteiger partial charge in [0.1, 0.15) is 23.7 Å². The number of carbonyl (C=O) groups excluding carboxylic acids is 5. The minimum Gasteiger partial charge on any atom is -0.493 e. The Balaban J connectivity index is 0. The Hall–Kier alpha value is -8.35. The molecule has 2 aliphatic rings.